The van der Waals surface area contributed by atoms with Gasteiger partial charge in [0.15, 0.2) is 11.5 Å². The van der Waals surface area contributed by atoms with Crippen LogP contribution in [0.4, 0.5) is 0 Å². The van der Waals surface area contributed by atoms with E-state index in [2.05, 4.69) is 29.1 Å². The normalized spacial score (nSPS) is 21.4. The van der Waals surface area contributed by atoms with Crippen molar-refractivity contribution in [2.24, 2.45) is 0 Å². The van der Waals surface area contributed by atoms with Crippen LogP contribution in [0.1, 0.15) is 30.1 Å². The van der Waals surface area contributed by atoms with Crippen LogP contribution in [0.5, 0.6) is 0 Å². The van der Waals surface area contributed by atoms with Crippen LogP contribution in [0.3, 0.4) is 0 Å². The molecule has 0 radical (unpaired) electrons. The number of hydrogen-bond donors (Lipinski definition) is 0. The van der Waals surface area contributed by atoms with Crippen LogP contribution in [-0.2, 0) is 0 Å². The van der Waals surface area contributed by atoms with E-state index in [1.807, 2.05) is 22.5 Å². The monoisotopic (exact) mass is 233 g/mol. The van der Waals surface area contributed by atoms with Crippen molar-refractivity contribution in [3.8, 4) is 0 Å². The number of nitrogens with zero attached hydrogens (tertiary/aromatic N) is 3. The van der Waals surface area contributed by atoms with Crippen molar-refractivity contribution in [1.82, 2.24) is 14.6 Å². The minimum atomic E-state index is 0.555. The fraction of sp³-hybridized carbons (Fsp3) is 0.500. The van der Waals surface area contributed by atoms with E-state index in [4.69, 9.17) is 0 Å². The lowest BCUT2D eigenvalue weighted by atomic mass is 10.1. The Bertz CT molecular complexity index is 500. The van der Waals surface area contributed by atoms with Gasteiger partial charge in [0.25, 0.3) is 0 Å². The van der Waals surface area contributed by atoms with Crippen molar-refractivity contribution in [2.45, 2.75) is 25.7 Å². The number of rotatable bonds is 1. The van der Waals surface area contributed by atoms with Gasteiger partial charge in [-0.25, -0.2) is 9.50 Å². The minimum absolute atomic E-state index is 0.555. The predicted molar refractivity (Wildman–Crippen MR) is 67.0 cm³/mol. The molecule has 0 saturated carbocycles. The van der Waals surface area contributed by atoms with Gasteiger partial charge >= 0.3 is 0 Å². The Morgan fingerprint density at radius 3 is 3.25 bits per heavy atom. The predicted octanol–water partition coefficient (Wildman–Crippen LogP) is 2.65. The summed E-state index contributed by atoms with van der Waals surface area (Å²) in [6.45, 7) is 2.09. The number of aryl methyl sites for hydroxylation is 1. The molecule has 3 heterocycles. The summed E-state index contributed by atoms with van der Waals surface area (Å²) >= 11 is 2.02. The van der Waals surface area contributed by atoms with Gasteiger partial charge in [-0.1, -0.05) is 0 Å². The molecule has 2 aromatic heterocycles. The Hall–Kier alpha value is -1.03. The molecular weight excluding hydrogens is 218 g/mol. The van der Waals surface area contributed by atoms with E-state index >= 15 is 0 Å². The molecule has 4 heteroatoms. The minimum Gasteiger partial charge on any atom is -0.221 e. The van der Waals surface area contributed by atoms with Gasteiger partial charge in [-0.05, 0) is 43.2 Å². The molecule has 0 amide bonds. The summed E-state index contributed by atoms with van der Waals surface area (Å²) in [6, 6.07) is 4.16. The lowest BCUT2D eigenvalue weighted by molar-refractivity contribution is 0.622. The highest BCUT2D eigenvalue weighted by Gasteiger charge is 2.20. The fourth-order valence-corrected chi connectivity index (χ4v) is 3.26. The van der Waals surface area contributed by atoms with Gasteiger partial charge in [0.2, 0.25) is 0 Å². The lowest BCUT2D eigenvalue weighted by Crippen LogP contribution is -2.10. The van der Waals surface area contributed by atoms with E-state index in [-0.39, 0.29) is 0 Å². The Morgan fingerprint density at radius 1 is 1.50 bits per heavy atom. The fourth-order valence-electron chi connectivity index (χ4n) is 2.12. The second kappa shape index (κ2) is 4.09. The first kappa shape index (κ1) is 10.1. The molecule has 3 rings (SSSR count). The molecule has 1 aliphatic heterocycles. The highest BCUT2D eigenvalue weighted by molar-refractivity contribution is 7.99. The second-order valence-corrected chi connectivity index (χ2v) is 5.54. The number of hydrogen-bond acceptors (Lipinski definition) is 3. The van der Waals surface area contributed by atoms with Crippen LogP contribution >= 0.6 is 11.8 Å². The average molecular weight is 233 g/mol. The molecule has 1 fully saturated rings. The van der Waals surface area contributed by atoms with Crippen molar-refractivity contribution in [3.05, 3.63) is 29.7 Å². The third-order valence-corrected chi connectivity index (χ3v) is 4.25. The molecule has 2 aromatic rings. The highest BCUT2D eigenvalue weighted by atomic mass is 32.2. The standard InChI is InChI=1S/C12H15N3S/c1-9-4-5-15-11(7-9)13-12(14-15)10-3-2-6-16-8-10/h4-5,7,10H,2-3,6,8H2,1H3. The zero-order valence-corrected chi connectivity index (χ0v) is 10.2. The van der Waals surface area contributed by atoms with Gasteiger partial charge in [0.1, 0.15) is 0 Å². The Balaban J connectivity index is 1.97. The van der Waals surface area contributed by atoms with E-state index in [0.717, 1.165) is 11.5 Å². The van der Waals surface area contributed by atoms with E-state index in [0.29, 0.717) is 5.92 Å². The first-order valence-electron chi connectivity index (χ1n) is 5.73. The molecule has 1 saturated heterocycles. The molecule has 0 bridgehead atoms. The number of thioether (sulfide) groups is 1. The maximum absolute atomic E-state index is 4.64. The van der Waals surface area contributed by atoms with Gasteiger partial charge in [0, 0.05) is 17.9 Å². The van der Waals surface area contributed by atoms with Crippen LogP contribution < -0.4 is 0 Å². The summed E-state index contributed by atoms with van der Waals surface area (Å²) < 4.78 is 1.89. The maximum Gasteiger partial charge on any atom is 0.155 e. The largest absolute Gasteiger partial charge is 0.221 e. The second-order valence-electron chi connectivity index (χ2n) is 4.39. The van der Waals surface area contributed by atoms with E-state index in [1.165, 1.54) is 29.9 Å². The molecule has 16 heavy (non-hydrogen) atoms. The van der Waals surface area contributed by atoms with Crippen molar-refractivity contribution < 1.29 is 0 Å². The quantitative estimate of drug-likeness (QED) is 0.758. The van der Waals surface area contributed by atoms with Crippen LogP contribution in [0.15, 0.2) is 18.3 Å². The SMILES string of the molecule is Cc1ccn2nc(C3CCCSC3)nc2c1. The average Bonchev–Trinajstić information content (AvgIpc) is 2.73. The molecule has 1 aliphatic rings. The van der Waals surface area contributed by atoms with Gasteiger partial charge in [-0.2, -0.15) is 16.9 Å². The zero-order chi connectivity index (χ0) is 11.0. The topological polar surface area (TPSA) is 30.2 Å². The van der Waals surface area contributed by atoms with Crippen LogP contribution in [0.25, 0.3) is 5.65 Å². The number of pyridine rings is 1. The Morgan fingerprint density at radius 2 is 2.44 bits per heavy atom. The van der Waals surface area contributed by atoms with Gasteiger partial charge in [0.05, 0.1) is 0 Å². The molecule has 0 N–H and O–H groups in total. The van der Waals surface area contributed by atoms with E-state index in [1.54, 1.807) is 0 Å². The molecule has 1 unspecified atom stereocenters. The molecule has 84 valence electrons. The summed E-state index contributed by atoms with van der Waals surface area (Å²) in [6.07, 6.45) is 4.53. The van der Waals surface area contributed by atoms with Gasteiger partial charge in [-0.15, -0.1) is 0 Å². The van der Waals surface area contributed by atoms with Crippen molar-refractivity contribution in [1.29, 1.82) is 0 Å². The smallest absolute Gasteiger partial charge is 0.155 e. The molecule has 0 aliphatic carbocycles. The maximum atomic E-state index is 4.64. The number of aromatic nitrogens is 3. The number of fused-ring (bicyclic) bond motifs is 1. The Labute approximate surface area is 99.3 Å². The summed E-state index contributed by atoms with van der Waals surface area (Å²) in [7, 11) is 0. The first-order valence-corrected chi connectivity index (χ1v) is 6.89. The van der Waals surface area contributed by atoms with Crippen molar-refractivity contribution in [2.75, 3.05) is 11.5 Å². The van der Waals surface area contributed by atoms with Gasteiger partial charge < -0.3 is 0 Å². The Kier molecular flexibility index (Phi) is 2.59. The summed E-state index contributed by atoms with van der Waals surface area (Å²) in [5.41, 5.74) is 2.22. The first-order chi connectivity index (χ1) is 7.83. The third kappa shape index (κ3) is 1.82. The van der Waals surface area contributed by atoms with Gasteiger partial charge in [-0.3, -0.25) is 0 Å². The van der Waals surface area contributed by atoms with Crippen LogP contribution in [0, 0.1) is 6.92 Å². The molecule has 1 atom stereocenters. The summed E-state index contributed by atoms with van der Waals surface area (Å²) in [4.78, 5) is 4.64. The highest BCUT2D eigenvalue weighted by Crippen LogP contribution is 2.29. The molecule has 0 spiro atoms. The third-order valence-electron chi connectivity index (χ3n) is 3.03. The zero-order valence-electron chi connectivity index (χ0n) is 9.39. The van der Waals surface area contributed by atoms with Crippen LogP contribution in [0.2, 0.25) is 0 Å². The van der Waals surface area contributed by atoms with Crippen molar-refractivity contribution >= 4 is 17.4 Å². The summed E-state index contributed by atoms with van der Waals surface area (Å²) in [5.74, 6) is 4.05. The molecule has 0 aromatic carbocycles. The molecule has 3 nitrogen and oxygen atoms in total. The summed E-state index contributed by atoms with van der Waals surface area (Å²) in [5, 5.41) is 4.57. The van der Waals surface area contributed by atoms with Crippen LogP contribution in [-0.4, -0.2) is 26.1 Å². The molecular formula is C12H15N3S. The van der Waals surface area contributed by atoms with E-state index in [9.17, 15) is 0 Å². The van der Waals surface area contributed by atoms with Crippen molar-refractivity contribution in [3.63, 3.8) is 0 Å². The van der Waals surface area contributed by atoms with E-state index < -0.39 is 0 Å². The lowest BCUT2D eigenvalue weighted by Gasteiger charge is -2.17.